The lowest BCUT2D eigenvalue weighted by atomic mass is 10.1. The van der Waals surface area contributed by atoms with Crippen LogP contribution in [0.3, 0.4) is 0 Å². The van der Waals surface area contributed by atoms with Crippen molar-refractivity contribution in [1.82, 2.24) is 10.1 Å². The van der Waals surface area contributed by atoms with Gasteiger partial charge in [-0.2, -0.15) is 10.2 Å². The molecule has 0 radical (unpaired) electrons. The Morgan fingerprint density at radius 2 is 2.20 bits per heavy atom. The quantitative estimate of drug-likeness (QED) is 0.740. The monoisotopic (exact) mass is 285 g/mol. The average molecular weight is 285 g/mol. The molecule has 0 bridgehead atoms. The molecule has 98 valence electrons. The van der Waals surface area contributed by atoms with Gasteiger partial charge in [-0.3, -0.25) is 0 Å². The van der Waals surface area contributed by atoms with E-state index in [2.05, 4.69) is 10.1 Å². The number of thiophene rings is 1. The van der Waals surface area contributed by atoms with E-state index in [0.29, 0.717) is 17.8 Å². The highest BCUT2D eigenvalue weighted by atomic mass is 32.1. The second kappa shape index (κ2) is 5.23. The van der Waals surface area contributed by atoms with Crippen LogP contribution in [0.4, 0.5) is 4.39 Å². The Labute approximate surface area is 118 Å². The van der Waals surface area contributed by atoms with E-state index in [9.17, 15) is 4.39 Å². The third-order valence-corrected chi connectivity index (χ3v) is 3.61. The van der Waals surface area contributed by atoms with Crippen LogP contribution in [-0.2, 0) is 6.42 Å². The van der Waals surface area contributed by atoms with Crippen molar-refractivity contribution in [3.63, 3.8) is 0 Å². The third kappa shape index (κ3) is 2.31. The molecule has 0 unspecified atom stereocenters. The largest absolute Gasteiger partial charge is 0.334 e. The number of aromatic nitrogens is 2. The van der Waals surface area contributed by atoms with Crippen molar-refractivity contribution >= 4 is 11.3 Å². The molecule has 4 nitrogen and oxygen atoms in total. The Hall–Kier alpha value is -2.52. The van der Waals surface area contributed by atoms with E-state index in [1.807, 2.05) is 23.6 Å². The van der Waals surface area contributed by atoms with Crippen molar-refractivity contribution in [3.05, 3.63) is 57.8 Å². The molecule has 0 N–H and O–H groups in total. The summed E-state index contributed by atoms with van der Waals surface area (Å²) in [6, 6.07) is 10.1. The number of rotatable bonds is 3. The second-order valence-corrected chi connectivity index (χ2v) is 5.08. The van der Waals surface area contributed by atoms with E-state index in [4.69, 9.17) is 9.78 Å². The Kier molecular flexibility index (Phi) is 3.27. The summed E-state index contributed by atoms with van der Waals surface area (Å²) >= 11 is 1.60. The maximum Gasteiger partial charge on any atom is 0.259 e. The first-order chi connectivity index (χ1) is 9.78. The Morgan fingerprint density at radius 3 is 2.95 bits per heavy atom. The van der Waals surface area contributed by atoms with Gasteiger partial charge in [0, 0.05) is 11.3 Å². The van der Waals surface area contributed by atoms with Gasteiger partial charge in [0.15, 0.2) is 5.82 Å². The minimum absolute atomic E-state index is 0.0844. The minimum atomic E-state index is -0.594. The molecular weight excluding hydrogens is 277 g/mol. The van der Waals surface area contributed by atoms with Crippen molar-refractivity contribution in [2.45, 2.75) is 6.42 Å². The zero-order valence-electron chi connectivity index (χ0n) is 10.2. The zero-order chi connectivity index (χ0) is 13.9. The van der Waals surface area contributed by atoms with E-state index < -0.39 is 5.82 Å². The van der Waals surface area contributed by atoms with Gasteiger partial charge in [-0.1, -0.05) is 17.3 Å². The molecule has 3 rings (SSSR count). The van der Waals surface area contributed by atoms with E-state index in [1.54, 1.807) is 17.4 Å². The minimum Gasteiger partial charge on any atom is -0.334 e. The molecule has 0 saturated carbocycles. The van der Waals surface area contributed by atoms with Gasteiger partial charge in [0.05, 0.1) is 5.56 Å². The fraction of sp³-hybridized carbons (Fsp3) is 0.0714. The Bertz CT molecular complexity index is 774. The highest BCUT2D eigenvalue weighted by molar-refractivity contribution is 7.09. The molecule has 0 aliphatic rings. The van der Waals surface area contributed by atoms with Crippen molar-refractivity contribution in [3.8, 4) is 17.5 Å². The molecule has 0 amide bonds. The summed E-state index contributed by atoms with van der Waals surface area (Å²) in [5.41, 5.74) is 0.233. The maximum atomic E-state index is 13.5. The molecule has 2 aromatic heterocycles. The summed E-state index contributed by atoms with van der Waals surface area (Å²) < 4.78 is 18.7. The summed E-state index contributed by atoms with van der Waals surface area (Å²) in [5.74, 6) is 0.0752. The normalized spacial score (nSPS) is 10.4. The van der Waals surface area contributed by atoms with Gasteiger partial charge >= 0.3 is 0 Å². The van der Waals surface area contributed by atoms with Gasteiger partial charge in [-0.25, -0.2) is 4.39 Å². The molecule has 0 saturated heterocycles. The molecule has 0 atom stereocenters. The molecule has 0 aliphatic carbocycles. The van der Waals surface area contributed by atoms with Crippen molar-refractivity contribution < 1.29 is 8.91 Å². The van der Waals surface area contributed by atoms with Crippen LogP contribution < -0.4 is 0 Å². The molecule has 3 aromatic rings. The fourth-order valence-electron chi connectivity index (χ4n) is 1.82. The molecule has 1 aromatic carbocycles. The van der Waals surface area contributed by atoms with Gasteiger partial charge in [0.1, 0.15) is 17.4 Å². The first-order valence-corrected chi connectivity index (χ1v) is 6.70. The summed E-state index contributed by atoms with van der Waals surface area (Å²) in [5, 5.41) is 14.8. The van der Waals surface area contributed by atoms with E-state index >= 15 is 0 Å². The Balaban J connectivity index is 1.95. The van der Waals surface area contributed by atoms with Crippen LogP contribution >= 0.6 is 11.3 Å². The van der Waals surface area contributed by atoms with Crippen LogP contribution in [0.5, 0.6) is 0 Å². The molecule has 0 fully saturated rings. The lowest BCUT2D eigenvalue weighted by molar-refractivity contribution is 0.423. The summed E-state index contributed by atoms with van der Waals surface area (Å²) in [7, 11) is 0. The maximum absolute atomic E-state index is 13.5. The van der Waals surface area contributed by atoms with Crippen LogP contribution in [0.2, 0.25) is 0 Å². The first kappa shape index (κ1) is 12.5. The number of hydrogen-bond acceptors (Lipinski definition) is 5. The van der Waals surface area contributed by atoms with Crippen LogP contribution in [-0.4, -0.2) is 10.1 Å². The predicted octanol–water partition coefficient (Wildman–Crippen LogP) is 3.40. The van der Waals surface area contributed by atoms with Gasteiger partial charge in [0.25, 0.3) is 5.89 Å². The Morgan fingerprint density at radius 1 is 1.30 bits per heavy atom. The summed E-state index contributed by atoms with van der Waals surface area (Å²) in [6.07, 6.45) is 0.554. The second-order valence-electron chi connectivity index (χ2n) is 4.05. The number of hydrogen-bond donors (Lipinski definition) is 0. The number of nitrogens with zero attached hydrogens (tertiary/aromatic N) is 3. The summed E-state index contributed by atoms with van der Waals surface area (Å²) in [4.78, 5) is 5.32. The number of benzene rings is 1. The molecular formula is C14H8FN3OS. The van der Waals surface area contributed by atoms with Crippen LogP contribution in [0.15, 0.2) is 40.2 Å². The van der Waals surface area contributed by atoms with E-state index in [1.165, 1.54) is 12.1 Å². The van der Waals surface area contributed by atoms with Crippen LogP contribution in [0, 0.1) is 17.1 Å². The topological polar surface area (TPSA) is 62.7 Å². The lowest BCUT2D eigenvalue weighted by Gasteiger charge is -1.98. The smallest absolute Gasteiger partial charge is 0.259 e. The molecule has 2 heterocycles. The van der Waals surface area contributed by atoms with Crippen molar-refractivity contribution in [2.75, 3.05) is 0 Å². The SMILES string of the molecule is N#Cc1c(F)cccc1-c1nc(Cc2cccs2)no1. The molecule has 6 heteroatoms. The van der Waals surface area contributed by atoms with Crippen LogP contribution in [0.1, 0.15) is 16.3 Å². The molecule has 0 spiro atoms. The van der Waals surface area contributed by atoms with Crippen molar-refractivity contribution in [1.29, 1.82) is 5.26 Å². The van der Waals surface area contributed by atoms with Gasteiger partial charge in [-0.05, 0) is 23.6 Å². The molecule has 20 heavy (non-hydrogen) atoms. The van der Waals surface area contributed by atoms with Gasteiger partial charge in [0.2, 0.25) is 0 Å². The standard InChI is InChI=1S/C14H8FN3OS/c15-12-5-1-4-10(11(12)8-16)14-17-13(18-19-14)7-9-3-2-6-20-9/h1-6H,7H2. The predicted molar refractivity (Wildman–Crippen MR) is 71.5 cm³/mol. The first-order valence-electron chi connectivity index (χ1n) is 5.82. The van der Waals surface area contributed by atoms with Gasteiger partial charge < -0.3 is 4.52 Å². The highest BCUT2D eigenvalue weighted by Gasteiger charge is 2.16. The fourth-order valence-corrected chi connectivity index (χ4v) is 2.52. The third-order valence-electron chi connectivity index (χ3n) is 2.74. The lowest BCUT2D eigenvalue weighted by Crippen LogP contribution is -1.91. The van der Waals surface area contributed by atoms with Crippen molar-refractivity contribution in [2.24, 2.45) is 0 Å². The summed E-state index contributed by atoms with van der Waals surface area (Å²) in [6.45, 7) is 0. The molecule has 0 aliphatic heterocycles. The average Bonchev–Trinajstić information content (AvgIpc) is 3.10. The van der Waals surface area contributed by atoms with E-state index in [-0.39, 0.29) is 11.5 Å². The highest BCUT2D eigenvalue weighted by Crippen LogP contribution is 2.24. The van der Waals surface area contributed by atoms with Crippen LogP contribution in [0.25, 0.3) is 11.5 Å². The number of halogens is 1. The number of nitriles is 1. The van der Waals surface area contributed by atoms with Gasteiger partial charge in [-0.15, -0.1) is 11.3 Å². The van der Waals surface area contributed by atoms with E-state index in [0.717, 1.165) is 4.88 Å². The zero-order valence-corrected chi connectivity index (χ0v) is 11.0.